The van der Waals surface area contributed by atoms with Crippen LogP contribution in [0.2, 0.25) is 0 Å². The number of hydrogen-bond acceptors (Lipinski definition) is 8. The van der Waals surface area contributed by atoms with E-state index in [0.717, 1.165) is 0 Å². The van der Waals surface area contributed by atoms with E-state index in [4.69, 9.17) is 4.74 Å². The van der Waals surface area contributed by atoms with Gasteiger partial charge in [-0.05, 0) is 29.0 Å². The Morgan fingerprint density at radius 1 is 1.42 bits per heavy atom. The number of carbonyl (C=O) groups is 1. The number of aromatic nitrogens is 4. The largest absolute Gasteiger partial charge is 0.494 e. The molecule has 9 nitrogen and oxygen atoms in total. The molecule has 1 fully saturated rings. The molecule has 26 heavy (non-hydrogen) atoms. The van der Waals surface area contributed by atoms with Crippen LogP contribution in [-0.4, -0.2) is 76.9 Å². The van der Waals surface area contributed by atoms with Crippen molar-refractivity contribution in [2.24, 2.45) is 0 Å². The highest BCUT2D eigenvalue weighted by molar-refractivity contribution is 7.99. The quantitative estimate of drug-likeness (QED) is 0.645. The molecule has 1 saturated heterocycles. The number of amides is 1. The summed E-state index contributed by atoms with van der Waals surface area (Å²) in [6.45, 7) is 0. The van der Waals surface area contributed by atoms with Crippen molar-refractivity contribution in [1.29, 1.82) is 0 Å². The lowest BCUT2D eigenvalue weighted by atomic mass is 10.2. The first-order valence-corrected chi connectivity index (χ1v) is 10.7. The number of thioether (sulfide) groups is 1. The molecular formula is C15H19N5O4S2. The normalized spacial score (nSPS) is 18.6. The van der Waals surface area contributed by atoms with Crippen LogP contribution in [0.15, 0.2) is 29.4 Å². The second-order valence-corrected chi connectivity index (χ2v) is 9.07. The lowest BCUT2D eigenvalue weighted by molar-refractivity contribution is -0.128. The van der Waals surface area contributed by atoms with Crippen LogP contribution in [0, 0.1) is 0 Å². The predicted octanol–water partition coefficient (Wildman–Crippen LogP) is 0.409. The summed E-state index contributed by atoms with van der Waals surface area (Å²) in [6.07, 6.45) is 0.480. The topological polar surface area (TPSA) is 107 Å². The highest BCUT2D eigenvalue weighted by Gasteiger charge is 2.32. The summed E-state index contributed by atoms with van der Waals surface area (Å²) in [7, 11) is 0.163. The van der Waals surface area contributed by atoms with E-state index >= 15 is 0 Å². The van der Waals surface area contributed by atoms with Crippen molar-refractivity contribution in [3.63, 3.8) is 0 Å². The number of sulfone groups is 1. The Morgan fingerprint density at radius 3 is 2.88 bits per heavy atom. The Kier molecular flexibility index (Phi) is 5.47. The van der Waals surface area contributed by atoms with Gasteiger partial charge in [-0.3, -0.25) is 4.79 Å². The van der Waals surface area contributed by atoms with Gasteiger partial charge in [-0.2, -0.15) is 4.68 Å². The molecule has 0 bridgehead atoms. The summed E-state index contributed by atoms with van der Waals surface area (Å²) < 4.78 is 30.0. The average Bonchev–Trinajstić information content (AvgIpc) is 3.24. The van der Waals surface area contributed by atoms with E-state index in [1.54, 1.807) is 20.2 Å². The maximum absolute atomic E-state index is 12.4. The van der Waals surface area contributed by atoms with Crippen molar-refractivity contribution in [2.45, 2.75) is 17.6 Å². The van der Waals surface area contributed by atoms with Crippen LogP contribution in [-0.2, 0) is 14.6 Å². The number of carbonyl (C=O) groups excluding carboxylic acids is 1. The highest BCUT2D eigenvalue weighted by atomic mass is 32.2. The van der Waals surface area contributed by atoms with Crippen molar-refractivity contribution in [2.75, 3.05) is 31.4 Å². The van der Waals surface area contributed by atoms with Gasteiger partial charge in [0.1, 0.15) is 11.4 Å². The molecule has 0 radical (unpaired) electrons. The third-order valence-electron chi connectivity index (χ3n) is 4.23. The van der Waals surface area contributed by atoms with Crippen LogP contribution >= 0.6 is 11.8 Å². The second-order valence-electron chi connectivity index (χ2n) is 5.90. The molecule has 1 amide bonds. The minimum absolute atomic E-state index is 0.0266. The molecule has 1 aliphatic heterocycles. The summed E-state index contributed by atoms with van der Waals surface area (Å²) in [4.78, 5) is 13.9. The SMILES string of the molecule is COc1ccccc1-n1nnnc1SCC(=O)N(C)[C@H]1CCS(=O)(=O)C1. The maximum atomic E-state index is 12.4. The van der Waals surface area contributed by atoms with Gasteiger partial charge in [-0.1, -0.05) is 23.9 Å². The fourth-order valence-corrected chi connectivity index (χ4v) is 5.32. The molecule has 2 aromatic rings. The van der Waals surface area contributed by atoms with E-state index in [-0.39, 0.29) is 29.2 Å². The molecule has 0 spiro atoms. The van der Waals surface area contributed by atoms with Gasteiger partial charge >= 0.3 is 0 Å². The number of nitrogens with zero attached hydrogens (tertiary/aromatic N) is 5. The number of benzene rings is 1. The summed E-state index contributed by atoms with van der Waals surface area (Å²) in [5.74, 6) is 0.726. The third kappa shape index (κ3) is 3.98. The van der Waals surface area contributed by atoms with Gasteiger partial charge in [0.2, 0.25) is 11.1 Å². The first kappa shape index (κ1) is 18.6. The standard InChI is InChI=1S/C15H19N5O4S2/c1-19(11-7-8-26(22,23)10-11)14(21)9-25-15-16-17-18-20(15)12-5-3-4-6-13(12)24-2/h3-6,11H,7-10H2,1-2H3/t11-/m0/s1. The van der Waals surface area contributed by atoms with E-state index in [1.807, 2.05) is 18.2 Å². The zero-order valence-electron chi connectivity index (χ0n) is 14.4. The van der Waals surface area contributed by atoms with Gasteiger partial charge in [0.15, 0.2) is 9.84 Å². The van der Waals surface area contributed by atoms with Crippen LogP contribution in [0.4, 0.5) is 0 Å². The third-order valence-corrected chi connectivity index (χ3v) is 6.88. The first-order valence-electron chi connectivity index (χ1n) is 7.92. The molecule has 0 N–H and O–H groups in total. The van der Waals surface area contributed by atoms with E-state index in [2.05, 4.69) is 15.5 Å². The van der Waals surface area contributed by atoms with Crippen LogP contribution in [0.5, 0.6) is 5.75 Å². The molecule has 0 aliphatic carbocycles. The highest BCUT2D eigenvalue weighted by Crippen LogP contribution is 2.26. The molecular weight excluding hydrogens is 378 g/mol. The summed E-state index contributed by atoms with van der Waals surface area (Å²) in [6, 6.07) is 7.03. The fourth-order valence-electron chi connectivity index (χ4n) is 2.74. The van der Waals surface area contributed by atoms with Crippen LogP contribution in [0.3, 0.4) is 0 Å². The zero-order chi connectivity index (χ0) is 18.7. The smallest absolute Gasteiger partial charge is 0.233 e. The molecule has 3 rings (SSSR count). The van der Waals surface area contributed by atoms with Crippen molar-refractivity contribution in [3.8, 4) is 11.4 Å². The molecule has 11 heteroatoms. The fraction of sp³-hybridized carbons (Fsp3) is 0.467. The first-order chi connectivity index (χ1) is 12.4. The van der Waals surface area contributed by atoms with Gasteiger partial charge in [0.05, 0.1) is 24.4 Å². The van der Waals surface area contributed by atoms with Gasteiger partial charge in [0, 0.05) is 13.1 Å². The number of rotatable bonds is 6. The average molecular weight is 397 g/mol. The number of hydrogen-bond donors (Lipinski definition) is 0. The predicted molar refractivity (Wildman–Crippen MR) is 96.3 cm³/mol. The number of methoxy groups -OCH3 is 1. The monoisotopic (exact) mass is 397 g/mol. The molecule has 1 atom stereocenters. The lowest BCUT2D eigenvalue weighted by Crippen LogP contribution is -2.38. The van der Waals surface area contributed by atoms with E-state index in [0.29, 0.717) is 23.0 Å². The second kappa shape index (κ2) is 7.62. The molecule has 1 aromatic heterocycles. The Morgan fingerprint density at radius 2 is 2.19 bits per heavy atom. The molecule has 0 saturated carbocycles. The number of tetrazole rings is 1. The Balaban J connectivity index is 1.68. The van der Waals surface area contributed by atoms with Crippen molar-refractivity contribution in [3.05, 3.63) is 24.3 Å². The molecule has 1 aliphatic rings. The summed E-state index contributed by atoms with van der Waals surface area (Å²) in [5, 5.41) is 12.1. The van der Waals surface area contributed by atoms with Crippen LogP contribution in [0.25, 0.3) is 5.69 Å². The Labute approximate surface area is 155 Å². The maximum Gasteiger partial charge on any atom is 0.233 e. The van der Waals surface area contributed by atoms with E-state index in [9.17, 15) is 13.2 Å². The Hall–Kier alpha value is -2.14. The van der Waals surface area contributed by atoms with Crippen LogP contribution in [0.1, 0.15) is 6.42 Å². The summed E-state index contributed by atoms with van der Waals surface area (Å²) in [5.41, 5.74) is 0.671. The minimum Gasteiger partial charge on any atom is -0.494 e. The zero-order valence-corrected chi connectivity index (χ0v) is 16.0. The van der Waals surface area contributed by atoms with Gasteiger partial charge in [-0.15, -0.1) is 5.10 Å². The van der Waals surface area contributed by atoms with Crippen molar-refractivity contribution in [1.82, 2.24) is 25.1 Å². The van der Waals surface area contributed by atoms with Crippen LogP contribution < -0.4 is 4.74 Å². The number of para-hydroxylation sites is 2. The van der Waals surface area contributed by atoms with E-state index < -0.39 is 9.84 Å². The summed E-state index contributed by atoms with van der Waals surface area (Å²) >= 11 is 1.19. The van der Waals surface area contributed by atoms with Gasteiger partial charge < -0.3 is 9.64 Å². The number of ether oxygens (including phenoxy) is 1. The van der Waals surface area contributed by atoms with Crippen molar-refractivity contribution >= 4 is 27.5 Å². The van der Waals surface area contributed by atoms with Gasteiger partial charge in [-0.25, -0.2) is 8.42 Å². The molecule has 1 aromatic carbocycles. The Bertz CT molecular complexity index is 899. The van der Waals surface area contributed by atoms with Crippen molar-refractivity contribution < 1.29 is 17.9 Å². The molecule has 140 valence electrons. The van der Waals surface area contributed by atoms with E-state index in [1.165, 1.54) is 21.3 Å². The van der Waals surface area contributed by atoms with Gasteiger partial charge in [0.25, 0.3) is 0 Å². The minimum atomic E-state index is -3.03. The molecule has 2 heterocycles. The molecule has 0 unspecified atom stereocenters. The lowest BCUT2D eigenvalue weighted by Gasteiger charge is -2.23.